The third kappa shape index (κ3) is 4.51. The van der Waals surface area contributed by atoms with Crippen molar-refractivity contribution >= 4 is 35.2 Å². The third-order valence-corrected chi connectivity index (χ3v) is 3.87. The van der Waals surface area contributed by atoms with Crippen LogP contribution in [0.15, 0.2) is 18.2 Å². The lowest BCUT2D eigenvalue weighted by atomic mass is 10.1. The van der Waals surface area contributed by atoms with Gasteiger partial charge in [0.25, 0.3) is 0 Å². The number of halogens is 2. The Morgan fingerprint density at radius 3 is 2.52 bits per heavy atom. The van der Waals surface area contributed by atoms with Gasteiger partial charge in [-0.05, 0) is 36.6 Å². The SMILES string of the molecule is O=C(O)C1CCN(C(=O)NCCc2cc(Cl)cc(Cl)c2)C1. The smallest absolute Gasteiger partial charge is 0.317 e. The Hall–Kier alpha value is -1.46. The van der Waals surface area contributed by atoms with Crippen LogP contribution >= 0.6 is 23.2 Å². The number of nitrogens with one attached hydrogen (secondary N) is 1. The lowest BCUT2D eigenvalue weighted by Gasteiger charge is -2.16. The van der Waals surface area contributed by atoms with E-state index in [2.05, 4.69) is 5.32 Å². The number of benzene rings is 1. The fourth-order valence-corrected chi connectivity index (χ4v) is 2.90. The van der Waals surface area contributed by atoms with Crippen molar-refractivity contribution in [3.63, 3.8) is 0 Å². The molecule has 1 aromatic rings. The zero-order valence-electron chi connectivity index (χ0n) is 11.3. The van der Waals surface area contributed by atoms with Crippen molar-refractivity contribution in [3.8, 4) is 0 Å². The molecule has 0 bridgehead atoms. The second-order valence-corrected chi connectivity index (χ2v) is 5.90. The topological polar surface area (TPSA) is 69.6 Å². The van der Waals surface area contributed by atoms with E-state index in [-0.39, 0.29) is 12.6 Å². The van der Waals surface area contributed by atoms with E-state index >= 15 is 0 Å². The summed E-state index contributed by atoms with van der Waals surface area (Å²) in [6.07, 6.45) is 1.12. The van der Waals surface area contributed by atoms with Crippen LogP contribution in [-0.2, 0) is 11.2 Å². The Kier molecular flexibility index (Phi) is 5.31. The zero-order valence-corrected chi connectivity index (χ0v) is 12.8. The average molecular weight is 331 g/mol. The number of urea groups is 1. The predicted molar refractivity (Wildman–Crippen MR) is 80.9 cm³/mol. The molecule has 1 atom stereocenters. The van der Waals surface area contributed by atoms with E-state index in [1.807, 2.05) is 0 Å². The van der Waals surface area contributed by atoms with Gasteiger partial charge in [-0.3, -0.25) is 4.79 Å². The quantitative estimate of drug-likeness (QED) is 0.891. The van der Waals surface area contributed by atoms with E-state index in [0.717, 1.165) is 5.56 Å². The van der Waals surface area contributed by atoms with Crippen molar-refractivity contribution in [2.75, 3.05) is 19.6 Å². The van der Waals surface area contributed by atoms with Gasteiger partial charge in [-0.2, -0.15) is 0 Å². The molecule has 21 heavy (non-hydrogen) atoms. The van der Waals surface area contributed by atoms with Crippen molar-refractivity contribution < 1.29 is 14.7 Å². The molecule has 7 heteroatoms. The monoisotopic (exact) mass is 330 g/mol. The molecule has 0 aliphatic carbocycles. The molecule has 0 aromatic heterocycles. The Morgan fingerprint density at radius 2 is 1.95 bits per heavy atom. The zero-order chi connectivity index (χ0) is 15.4. The molecule has 1 saturated heterocycles. The van der Waals surface area contributed by atoms with Gasteiger partial charge in [0.1, 0.15) is 0 Å². The number of hydrogen-bond acceptors (Lipinski definition) is 2. The molecule has 1 unspecified atom stereocenters. The first-order valence-corrected chi connectivity index (χ1v) is 7.42. The molecule has 5 nitrogen and oxygen atoms in total. The van der Waals surface area contributed by atoms with Gasteiger partial charge in [0.05, 0.1) is 5.92 Å². The average Bonchev–Trinajstić information content (AvgIpc) is 2.87. The second-order valence-electron chi connectivity index (χ2n) is 5.03. The molecule has 1 aliphatic heterocycles. The number of rotatable bonds is 4. The highest BCUT2D eigenvalue weighted by Crippen LogP contribution is 2.19. The number of carboxylic acid groups (broad SMARTS) is 1. The highest BCUT2D eigenvalue weighted by atomic mass is 35.5. The first-order chi connectivity index (χ1) is 9.95. The van der Waals surface area contributed by atoms with Gasteiger partial charge in [-0.15, -0.1) is 0 Å². The molecule has 1 fully saturated rings. The second kappa shape index (κ2) is 7.00. The summed E-state index contributed by atoms with van der Waals surface area (Å²) < 4.78 is 0. The summed E-state index contributed by atoms with van der Waals surface area (Å²) in [5.41, 5.74) is 0.942. The molecule has 0 radical (unpaired) electrons. The minimum absolute atomic E-state index is 0.230. The largest absolute Gasteiger partial charge is 0.481 e. The maximum Gasteiger partial charge on any atom is 0.317 e. The Balaban J connectivity index is 1.78. The van der Waals surface area contributed by atoms with Gasteiger partial charge in [0.15, 0.2) is 0 Å². The molecule has 2 N–H and O–H groups in total. The summed E-state index contributed by atoms with van der Waals surface area (Å²) in [7, 11) is 0. The number of carboxylic acids is 1. The van der Waals surface area contributed by atoms with Crippen LogP contribution in [0.2, 0.25) is 10.0 Å². The lowest BCUT2D eigenvalue weighted by molar-refractivity contribution is -0.141. The normalized spacial score (nSPS) is 17.8. The number of carbonyl (C=O) groups excluding carboxylic acids is 1. The predicted octanol–water partition coefficient (Wildman–Crippen LogP) is 2.65. The number of carbonyl (C=O) groups is 2. The Labute approximate surface area is 132 Å². The van der Waals surface area contributed by atoms with Gasteiger partial charge >= 0.3 is 12.0 Å². The van der Waals surface area contributed by atoms with Crippen LogP contribution in [0.3, 0.4) is 0 Å². The highest BCUT2D eigenvalue weighted by molar-refractivity contribution is 6.34. The fourth-order valence-electron chi connectivity index (χ4n) is 2.33. The van der Waals surface area contributed by atoms with E-state index in [1.165, 1.54) is 4.90 Å². The minimum atomic E-state index is -0.848. The molecule has 114 valence electrons. The van der Waals surface area contributed by atoms with Gasteiger partial charge < -0.3 is 15.3 Å². The van der Waals surface area contributed by atoms with Crippen molar-refractivity contribution in [1.82, 2.24) is 10.2 Å². The number of amides is 2. The lowest BCUT2D eigenvalue weighted by Crippen LogP contribution is -2.39. The standard InChI is InChI=1S/C14H16Cl2N2O3/c15-11-5-9(6-12(16)7-11)1-3-17-14(21)18-4-2-10(8-18)13(19)20/h5-7,10H,1-4,8H2,(H,17,21)(H,19,20). The van der Waals surface area contributed by atoms with Crippen molar-refractivity contribution in [1.29, 1.82) is 0 Å². The maximum absolute atomic E-state index is 11.9. The van der Waals surface area contributed by atoms with Gasteiger partial charge in [-0.25, -0.2) is 4.79 Å². The van der Waals surface area contributed by atoms with Crippen LogP contribution in [0, 0.1) is 5.92 Å². The van der Waals surface area contributed by atoms with Crippen LogP contribution in [0.5, 0.6) is 0 Å². The summed E-state index contributed by atoms with van der Waals surface area (Å²) in [6.45, 7) is 1.19. The maximum atomic E-state index is 11.9. The summed E-state index contributed by atoms with van der Waals surface area (Å²) in [6, 6.07) is 5.03. The molecule has 1 heterocycles. The summed E-state index contributed by atoms with van der Waals surface area (Å²) >= 11 is 11.8. The number of nitrogens with zero attached hydrogens (tertiary/aromatic N) is 1. The van der Waals surface area contributed by atoms with E-state index in [4.69, 9.17) is 28.3 Å². The van der Waals surface area contributed by atoms with Crippen molar-refractivity contribution in [2.24, 2.45) is 5.92 Å². The molecule has 0 saturated carbocycles. The van der Waals surface area contributed by atoms with E-state index in [0.29, 0.717) is 36.0 Å². The molecule has 2 rings (SSSR count). The van der Waals surface area contributed by atoms with Crippen LogP contribution < -0.4 is 5.32 Å². The summed E-state index contributed by atoms with van der Waals surface area (Å²) in [4.78, 5) is 24.3. The number of hydrogen-bond donors (Lipinski definition) is 2. The third-order valence-electron chi connectivity index (χ3n) is 3.44. The highest BCUT2D eigenvalue weighted by Gasteiger charge is 2.30. The molecular weight excluding hydrogens is 315 g/mol. The Morgan fingerprint density at radius 1 is 1.29 bits per heavy atom. The number of aliphatic carboxylic acids is 1. The summed E-state index contributed by atoms with van der Waals surface area (Å²) in [5.74, 6) is -1.30. The van der Waals surface area contributed by atoms with Crippen LogP contribution in [0.4, 0.5) is 4.79 Å². The van der Waals surface area contributed by atoms with E-state index < -0.39 is 11.9 Å². The molecule has 1 aliphatic rings. The first-order valence-electron chi connectivity index (χ1n) is 6.66. The molecule has 0 spiro atoms. The van der Waals surface area contributed by atoms with Crippen molar-refractivity contribution in [2.45, 2.75) is 12.8 Å². The first kappa shape index (κ1) is 15.9. The van der Waals surface area contributed by atoms with Crippen LogP contribution in [0.1, 0.15) is 12.0 Å². The van der Waals surface area contributed by atoms with E-state index in [9.17, 15) is 9.59 Å². The fraction of sp³-hybridized carbons (Fsp3) is 0.429. The van der Waals surface area contributed by atoms with Crippen LogP contribution in [0.25, 0.3) is 0 Å². The van der Waals surface area contributed by atoms with E-state index in [1.54, 1.807) is 18.2 Å². The minimum Gasteiger partial charge on any atom is -0.481 e. The van der Waals surface area contributed by atoms with Crippen molar-refractivity contribution in [3.05, 3.63) is 33.8 Å². The Bertz CT molecular complexity index is 531. The van der Waals surface area contributed by atoms with Gasteiger partial charge in [0.2, 0.25) is 0 Å². The summed E-state index contributed by atoms with van der Waals surface area (Å²) in [5, 5.41) is 12.8. The van der Waals surface area contributed by atoms with Gasteiger partial charge in [-0.1, -0.05) is 23.2 Å². The molecular formula is C14H16Cl2N2O3. The number of likely N-dealkylation sites (tertiary alicyclic amines) is 1. The van der Waals surface area contributed by atoms with Gasteiger partial charge in [0, 0.05) is 29.7 Å². The molecule has 2 amide bonds. The molecule has 1 aromatic carbocycles. The van der Waals surface area contributed by atoms with Crippen LogP contribution in [-0.4, -0.2) is 41.6 Å².